The van der Waals surface area contributed by atoms with E-state index < -0.39 is 12.0 Å². The zero-order valence-corrected chi connectivity index (χ0v) is 26.9. The zero-order valence-electron chi connectivity index (χ0n) is 26.9. The lowest BCUT2D eigenvalue weighted by molar-refractivity contribution is -0.149. The van der Waals surface area contributed by atoms with Gasteiger partial charge in [-0.3, -0.25) is 18.7 Å². The monoisotopic (exact) mass is 621 g/mol. The van der Waals surface area contributed by atoms with E-state index in [-0.39, 0.29) is 37.1 Å². The fourth-order valence-corrected chi connectivity index (χ4v) is 5.58. The molecule has 4 rings (SSSR count). The molecule has 0 amide bonds. The minimum atomic E-state index is -0.935. The van der Waals surface area contributed by atoms with Crippen LogP contribution in [0.5, 0.6) is 0 Å². The smallest absolute Gasteiger partial charge is 0.329 e. The second kappa shape index (κ2) is 16.8. The van der Waals surface area contributed by atoms with Crippen LogP contribution in [0.15, 0.2) is 53.3 Å². The Bertz CT molecular complexity index is 1470. The number of hydrogen-bond donors (Lipinski definition) is 0. The van der Waals surface area contributed by atoms with E-state index in [4.69, 9.17) is 14.2 Å². The number of carbonyl (C=O) groups excluding carboxylic acids is 3. The Labute approximate surface area is 265 Å². The van der Waals surface area contributed by atoms with Gasteiger partial charge in [-0.25, -0.2) is 9.59 Å². The van der Waals surface area contributed by atoms with Gasteiger partial charge in [-0.05, 0) is 61.8 Å². The van der Waals surface area contributed by atoms with Gasteiger partial charge in [0.25, 0.3) is 0 Å². The maximum atomic E-state index is 13.5. The fourth-order valence-electron chi connectivity index (χ4n) is 5.58. The lowest BCUT2D eigenvalue weighted by atomic mass is 9.93. The summed E-state index contributed by atoms with van der Waals surface area (Å²) in [4.78, 5) is 53.5. The third-order valence-corrected chi connectivity index (χ3v) is 8.34. The quantitative estimate of drug-likeness (QED) is 0.101. The van der Waals surface area contributed by atoms with Gasteiger partial charge in [0.05, 0.1) is 24.2 Å². The Balaban J connectivity index is 1.36. The van der Waals surface area contributed by atoms with Gasteiger partial charge in [-0.1, -0.05) is 57.0 Å². The number of anilines is 1. The van der Waals surface area contributed by atoms with E-state index in [1.165, 1.54) is 4.57 Å². The first-order valence-corrected chi connectivity index (χ1v) is 16.3. The molecule has 10 heteroatoms. The Kier molecular flexibility index (Phi) is 12.7. The van der Waals surface area contributed by atoms with E-state index >= 15 is 0 Å². The largest absolute Gasteiger partial charge is 0.466 e. The predicted molar refractivity (Wildman–Crippen MR) is 173 cm³/mol. The lowest BCUT2D eigenvalue weighted by Crippen LogP contribution is -2.46. The van der Waals surface area contributed by atoms with Crippen LogP contribution in [0.25, 0.3) is 11.0 Å². The number of fused-ring (bicyclic) bond motifs is 1. The Morgan fingerprint density at radius 1 is 0.844 bits per heavy atom. The number of rotatable bonds is 18. The first kappa shape index (κ1) is 33.8. The standard InChI is InChI=1S/C35H47N3O7/c1-4-6-20-43-33(40)19-18-30(34(41)44-21-7-5-2)38-29-17-16-28(22-31(29)36(3)35(38)42)37-23-27(24-37)14-11-15-32(39)45-25-26-12-9-8-10-13-26/h8-10,12-13,16-17,22,27,30H,4-7,11,14-15,18-21,23-25H2,1-3H3. The summed E-state index contributed by atoms with van der Waals surface area (Å²) in [6.45, 7) is 6.67. The third-order valence-electron chi connectivity index (χ3n) is 8.34. The van der Waals surface area contributed by atoms with Crippen molar-refractivity contribution in [2.75, 3.05) is 31.2 Å². The molecule has 0 N–H and O–H groups in total. The van der Waals surface area contributed by atoms with Crippen LogP contribution in [0.2, 0.25) is 0 Å². The normalized spacial score (nSPS) is 13.8. The molecule has 244 valence electrons. The molecule has 0 aliphatic carbocycles. The van der Waals surface area contributed by atoms with Crippen LogP contribution in [-0.4, -0.2) is 53.3 Å². The highest BCUT2D eigenvalue weighted by atomic mass is 16.5. The van der Waals surface area contributed by atoms with Crippen LogP contribution >= 0.6 is 0 Å². The summed E-state index contributed by atoms with van der Waals surface area (Å²) in [6.07, 6.45) is 5.54. The van der Waals surface area contributed by atoms with Gasteiger partial charge in [0.15, 0.2) is 0 Å². The molecular weight excluding hydrogens is 574 g/mol. The number of esters is 3. The minimum absolute atomic E-state index is 0.0120. The van der Waals surface area contributed by atoms with Crippen molar-refractivity contribution in [3.05, 3.63) is 64.6 Å². The second-order valence-corrected chi connectivity index (χ2v) is 11.8. The van der Waals surface area contributed by atoms with Crippen LogP contribution < -0.4 is 10.6 Å². The van der Waals surface area contributed by atoms with E-state index in [2.05, 4.69) is 4.90 Å². The van der Waals surface area contributed by atoms with Gasteiger partial charge >= 0.3 is 23.6 Å². The summed E-state index contributed by atoms with van der Waals surface area (Å²) < 4.78 is 19.2. The zero-order chi connectivity index (χ0) is 32.2. The van der Waals surface area contributed by atoms with Crippen LogP contribution in [0, 0.1) is 5.92 Å². The summed E-state index contributed by atoms with van der Waals surface area (Å²) in [5.74, 6) is -0.595. The molecule has 1 aliphatic heterocycles. The number of ether oxygens (including phenoxy) is 3. The molecule has 3 aromatic rings. The highest BCUT2D eigenvalue weighted by Gasteiger charge is 2.30. The van der Waals surface area contributed by atoms with Gasteiger partial charge in [0.1, 0.15) is 12.6 Å². The maximum Gasteiger partial charge on any atom is 0.329 e. The number of benzene rings is 2. The molecule has 0 bridgehead atoms. The summed E-state index contributed by atoms with van der Waals surface area (Å²) in [7, 11) is 1.69. The molecular formula is C35H47N3O7. The molecule has 2 aromatic carbocycles. The van der Waals surface area contributed by atoms with Crippen molar-refractivity contribution in [1.29, 1.82) is 0 Å². The number of nitrogens with zero attached hydrogens (tertiary/aromatic N) is 3. The average molecular weight is 622 g/mol. The Morgan fingerprint density at radius 3 is 2.24 bits per heavy atom. The number of aromatic nitrogens is 2. The SMILES string of the molecule is CCCCOC(=O)CCC(C(=O)OCCCC)n1c(=O)n(C)c2cc(N3CC(CCCC(=O)OCc4ccccc4)C3)ccc21. The van der Waals surface area contributed by atoms with Crippen molar-refractivity contribution < 1.29 is 28.6 Å². The maximum absolute atomic E-state index is 13.5. The minimum Gasteiger partial charge on any atom is -0.466 e. The van der Waals surface area contributed by atoms with E-state index in [0.717, 1.165) is 62.9 Å². The topological polar surface area (TPSA) is 109 Å². The molecule has 10 nitrogen and oxygen atoms in total. The first-order valence-electron chi connectivity index (χ1n) is 16.3. The number of unbranched alkanes of at least 4 members (excludes halogenated alkanes) is 2. The molecule has 0 radical (unpaired) electrons. The molecule has 1 unspecified atom stereocenters. The molecule has 45 heavy (non-hydrogen) atoms. The number of imidazole rings is 1. The summed E-state index contributed by atoms with van der Waals surface area (Å²) in [5, 5.41) is 0. The summed E-state index contributed by atoms with van der Waals surface area (Å²) in [5.41, 5.74) is 2.97. The van der Waals surface area contributed by atoms with Crippen molar-refractivity contribution in [2.24, 2.45) is 13.0 Å². The highest BCUT2D eigenvalue weighted by molar-refractivity contribution is 5.84. The van der Waals surface area contributed by atoms with Crippen molar-refractivity contribution in [3.8, 4) is 0 Å². The summed E-state index contributed by atoms with van der Waals surface area (Å²) in [6, 6.07) is 14.5. The van der Waals surface area contributed by atoms with Gasteiger partial charge in [0, 0.05) is 38.7 Å². The molecule has 1 aromatic heterocycles. The first-order chi connectivity index (χ1) is 21.8. The van der Waals surface area contributed by atoms with E-state index in [1.807, 2.05) is 62.4 Å². The molecule has 1 aliphatic rings. The molecule has 1 fully saturated rings. The van der Waals surface area contributed by atoms with Crippen LogP contribution in [-0.2, 0) is 42.2 Å². The molecule has 0 saturated carbocycles. The second-order valence-electron chi connectivity index (χ2n) is 11.8. The van der Waals surface area contributed by atoms with Crippen LogP contribution in [0.3, 0.4) is 0 Å². The van der Waals surface area contributed by atoms with Gasteiger partial charge in [-0.15, -0.1) is 0 Å². The highest BCUT2D eigenvalue weighted by Crippen LogP contribution is 2.31. The Hall–Kier alpha value is -4.08. The molecule has 1 saturated heterocycles. The average Bonchev–Trinajstić information content (AvgIpc) is 3.26. The van der Waals surface area contributed by atoms with Gasteiger partial charge in [-0.2, -0.15) is 0 Å². The fraction of sp³-hybridized carbons (Fsp3) is 0.543. The van der Waals surface area contributed by atoms with E-state index in [1.54, 1.807) is 11.6 Å². The van der Waals surface area contributed by atoms with Gasteiger partial charge < -0.3 is 19.1 Å². The predicted octanol–water partition coefficient (Wildman–Crippen LogP) is 5.70. The van der Waals surface area contributed by atoms with Crippen molar-refractivity contribution in [3.63, 3.8) is 0 Å². The molecule has 1 atom stereocenters. The van der Waals surface area contributed by atoms with E-state index in [0.29, 0.717) is 36.6 Å². The van der Waals surface area contributed by atoms with Crippen molar-refractivity contribution in [1.82, 2.24) is 9.13 Å². The van der Waals surface area contributed by atoms with Crippen LogP contribution in [0.4, 0.5) is 5.69 Å². The number of aryl methyl sites for hydroxylation is 1. The van der Waals surface area contributed by atoms with Crippen LogP contribution in [0.1, 0.15) is 83.2 Å². The molecule has 2 heterocycles. The summed E-state index contributed by atoms with van der Waals surface area (Å²) >= 11 is 0. The lowest BCUT2D eigenvalue weighted by Gasteiger charge is -2.41. The molecule has 0 spiro atoms. The number of hydrogen-bond acceptors (Lipinski definition) is 8. The van der Waals surface area contributed by atoms with Crippen molar-refractivity contribution in [2.45, 2.75) is 84.3 Å². The van der Waals surface area contributed by atoms with E-state index in [9.17, 15) is 19.2 Å². The van der Waals surface area contributed by atoms with Crippen molar-refractivity contribution >= 4 is 34.6 Å². The number of carbonyl (C=O) groups is 3. The van der Waals surface area contributed by atoms with Gasteiger partial charge in [0.2, 0.25) is 0 Å². The Morgan fingerprint density at radius 2 is 1.53 bits per heavy atom. The third kappa shape index (κ3) is 9.22.